The van der Waals surface area contributed by atoms with E-state index in [1.165, 1.54) is 6.26 Å². The van der Waals surface area contributed by atoms with Crippen molar-refractivity contribution in [2.75, 3.05) is 31.5 Å². The molecule has 7 nitrogen and oxygen atoms in total. The number of benzene rings is 1. The van der Waals surface area contributed by atoms with Gasteiger partial charge in [-0.1, -0.05) is 0 Å². The molecule has 1 aliphatic rings. The van der Waals surface area contributed by atoms with Crippen LogP contribution < -0.4 is 5.32 Å². The molecular weight excluding hydrogens is 344 g/mol. The second kappa shape index (κ2) is 7.41. The molecular formula is C20H20N4O3. The van der Waals surface area contributed by atoms with Crippen molar-refractivity contribution in [3.05, 3.63) is 72.9 Å². The first-order valence-electron chi connectivity index (χ1n) is 8.83. The SMILES string of the molecule is O=C(Nc1ccc(-n2cccc2)cc1)N1CCN(C(=O)c2ccco2)CC1. The van der Waals surface area contributed by atoms with Crippen LogP contribution in [0.3, 0.4) is 0 Å². The van der Waals surface area contributed by atoms with Crippen LogP contribution in [-0.2, 0) is 0 Å². The lowest BCUT2D eigenvalue weighted by Crippen LogP contribution is -2.51. The molecule has 7 heteroatoms. The monoisotopic (exact) mass is 364 g/mol. The molecule has 0 radical (unpaired) electrons. The zero-order chi connectivity index (χ0) is 18.6. The quantitative estimate of drug-likeness (QED) is 0.776. The molecule has 1 aromatic carbocycles. The lowest BCUT2D eigenvalue weighted by molar-refractivity contribution is 0.0640. The molecule has 3 heterocycles. The zero-order valence-electron chi connectivity index (χ0n) is 14.7. The van der Waals surface area contributed by atoms with E-state index in [0.29, 0.717) is 31.9 Å². The van der Waals surface area contributed by atoms with Gasteiger partial charge in [0.05, 0.1) is 6.26 Å². The molecule has 1 N–H and O–H groups in total. The van der Waals surface area contributed by atoms with Crippen LogP contribution >= 0.6 is 0 Å². The van der Waals surface area contributed by atoms with Gasteiger partial charge >= 0.3 is 6.03 Å². The average molecular weight is 364 g/mol. The first-order chi connectivity index (χ1) is 13.2. The number of nitrogens with one attached hydrogen (secondary N) is 1. The Labute approximate surface area is 156 Å². The Morgan fingerprint density at radius 1 is 0.852 bits per heavy atom. The third kappa shape index (κ3) is 3.72. The van der Waals surface area contributed by atoms with Crippen LogP contribution in [-0.4, -0.2) is 52.5 Å². The molecule has 4 rings (SSSR count). The number of anilines is 1. The van der Waals surface area contributed by atoms with E-state index in [1.54, 1.807) is 21.9 Å². The lowest BCUT2D eigenvalue weighted by atomic mass is 10.2. The van der Waals surface area contributed by atoms with Gasteiger partial charge in [0.25, 0.3) is 5.91 Å². The third-order valence-electron chi connectivity index (χ3n) is 4.61. The maximum absolute atomic E-state index is 12.5. The van der Waals surface area contributed by atoms with Crippen molar-refractivity contribution in [3.63, 3.8) is 0 Å². The number of rotatable bonds is 3. The number of nitrogens with zero attached hydrogens (tertiary/aromatic N) is 3. The van der Waals surface area contributed by atoms with Crippen molar-refractivity contribution in [2.45, 2.75) is 0 Å². The number of hydrogen-bond acceptors (Lipinski definition) is 3. The van der Waals surface area contributed by atoms with Crippen LogP contribution in [0.2, 0.25) is 0 Å². The number of amides is 3. The molecule has 1 saturated heterocycles. The summed E-state index contributed by atoms with van der Waals surface area (Å²) in [6, 6.07) is 14.8. The largest absolute Gasteiger partial charge is 0.459 e. The van der Waals surface area contributed by atoms with Gasteiger partial charge in [0.15, 0.2) is 5.76 Å². The highest BCUT2D eigenvalue weighted by atomic mass is 16.3. The van der Waals surface area contributed by atoms with E-state index in [9.17, 15) is 9.59 Å². The maximum atomic E-state index is 12.5. The highest BCUT2D eigenvalue weighted by Crippen LogP contribution is 2.15. The third-order valence-corrected chi connectivity index (χ3v) is 4.61. The van der Waals surface area contributed by atoms with E-state index in [1.807, 2.05) is 53.4 Å². The van der Waals surface area contributed by atoms with Crippen molar-refractivity contribution in [1.29, 1.82) is 0 Å². The number of furan rings is 1. The Morgan fingerprint density at radius 2 is 1.52 bits per heavy atom. The zero-order valence-corrected chi connectivity index (χ0v) is 14.7. The lowest BCUT2D eigenvalue weighted by Gasteiger charge is -2.34. The van der Waals surface area contributed by atoms with Crippen LogP contribution in [0, 0.1) is 0 Å². The van der Waals surface area contributed by atoms with Crippen molar-refractivity contribution < 1.29 is 14.0 Å². The van der Waals surface area contributed by atoms with Gasteiger partial charge in [0.2, 0.25) is 0 Å². The molecule has 0 spiro atoms. The number of piperazine rings is 1. The molecule has 1 fully saturated rings. The Hall–Kier alpha value is -3.48. The van der Waals surface area contributed by atoms with Crippen LogP contribution in [0.1, 0.15) is 10.6 Å². The molecule has 0 unspecified atom stereocenters. The van der Waals surface area contributed by atoms with E-state index in [4.69, 9.17) is 4.42 Å². The van der Waals surface area contributed by atoms with Gasteiger partial charge < -0.3 is 24.1 Å². The Balaban J connectivity index is 1.31. The molecule has 138 valence electrons. The molecule has 0 saturated carbocycles. The van der Waals surface area contributed by atoms with Gasteiger partial charge in [-0.2, -0.15) is 0 Å². The molecule has 0 bridgehead atoms. The summed E-state index contributed by atoms with van der Waals surface area (Å²) in [4.78, 5) is 28.2. The average Bonchev–Trinajstić information content (AvgIpc) is 3.42. The maximum Gasteiger partial charge on any atom is 0.321 e. The number of aromatic nitrogens is 1. The van der Waals surface area contributed by atoms with Crippen LogP contribution in [0.25, 0.3) is 5.69 Å². The van der Waals surface area contributed by atoms with Gasteiger partial charge in [-0.05, 0) is 48.5 Å². The smallest absolute Gasteiger partial charge is 0.321 e. The minimum absolute atomic E-state index is 0.138. The van der Waals surface area contributed by atoms with E-state index in [0.717, 1.165) is 11.4 Å². The summed E-state index contributed by atoms with van der Waals surface area (Å²) >= 11 is 0. The van der Waals surface area contributed by atoms with Crippen molar-refractivity contribution in [1.82, 2.24) is 14.4 Å². The molecule has 3 amide bonds. The van der Waals surface area contributed by atoms with Crippen molar-refractivity contribution in [2.24, 2.45) is 0 Å². The molecule has 27 heavy (non-hydrogen) atoms. The topological polar surface area (TPSA) is 70.7 Å². The second-order valence-electron chi connectivity index (χ2n) is 6.32. The summed E-state index contributed by atoms with van der Waals surface area (Å²) < 4.78 is 7.15. The van der Waals surface area contributed by atoms with Crippen molar-refractivity contribution in [3.8, 4) is 5.69 Å². The van der Waals surface area contributed by atoms with Crippen molar-refractivity contribution >= 4 is 17.6 Å². The number of urea groups is 1. The van der Waals surface area contributed by atoms with Crippen LogP contribution in [0.4, 0.5) is 10.5 Å². The summed E-state index contributed by atoms with van der Waals surface area (Å²) in [5, 5.41) is 2.91. The van der Waals surface area contributed by atoms with Crippen LogP contribution in [0.15, 0.2) is 71.6 Å². The number of hydrogen-bond donors (Lipinski definition) is 1. The van der Waals surface area contributed by atoms with Gasteiger partial charge in [0, 0.05) is 49.9 Å². The summed E-state index contributed by atoms with van der Waals surface area (Å²) in [5.41, 5.74) is 1.77. The number of carbonyl (C=O) groups is 2. The Morgan fingerprint density at radius 3 is 2.15 bits per heavy atom. The first kappa shape index (κ1) is 17.0. The predicted octanol–water partition coefficient (Wildman–Crippen LogP) is 3.06. The minimum atomic E-state index is -0.159. The van der Waals surface area contributed by atoms with E-state index < -0.39 is 0 Å². The highest BCUT2D eigenvalue weighted by molar-refractivity contribution is 5.92. The summed E-state index contributed by atoms with van der Waals surface area (Å²) in [6.07, 6.45) is 5.42. The van der Waals surface area contributed by atoms with Gasteiger partial charge in [-0.25, -0.2) is 4.79 Å². The predicted molar refractivity (Wildman–Crippen MR) is 101 cm³/mol. The van der Waals surface area contributed by atoms with Gasteiger partial charge in [-0.3, -0.25) is 4.79 Å². The molecule has 0 atom stereocenters. The van der Waals surface area contributed by atoms with E-state index in [2.05, 4.69) is 5.32 Å². The first-order valence-corrected chi connectivity index (χ1v) is 8.83. The van der Waals surface area contributed by atoms with Gasteiger partial charge in [-0.15, -0.1) is 0 Å². The normalized spacial score (nSPS) is 14.2. The summed E-state index contributed by atoms with van der Waals surface area (Å²) in [6.45, 7) is 1.94. The Bertz CT molecular complexity index is 893. The standard InChI is InChI=1S/C20H20N4O3/c25-19(18-4-3-15-27-18)23-11-13-24(14-12-23)20(26)21-16-5-7-17(8-6-16)22-9-1-2-10-22/h1-10,15H,11-14H2,(H,21,26). The summed E-state index contributed by atoms with van der Waals surface area (Å²) in [5.74, 6) is 0.191. The fraction of sp³-hybridized carbons (Fsp3) is 0.200. The highest BCUT2D eigenvalue weighted by Gasteiger charge is 2.26. The van der Waals surface area contributed by atoms with E-state index >= 15 is 0 Å². The van der Waals surface area contributed by atoms with Gasteiger partial charge in [0.1, 0.15) is 0 Å². The fourth-order valence-corrected chi connectivity index (χ4v) is 3.09. The molecule has 2 aromatic heterocycles. The Kier molecular flexibility index (Phi) is 4.65. The minimum Gasteiger partial charge on any atom is -0.459 e. The molecule has 0 aliphatic carbocycles. The molecule has 1 aliphatic heterocycles. The number of carbonyl (C=O) groups excluding carboxylic acids is 2. The van der Waals surface area contributed by atoms with Crippen LogP contribution in [0.5, 0.6) is 0 Å². The second-order valence-corrected chi connectivity index (χ2v) is 6.32. The van der Waals surface area contributed by atoms with E-state index in [-0.39, 0.29) is 11.9 Å². The fourth-order valence-electron chi connectivity index (χ4n) is 3.09. The molecule has 3 aromatic rings. The summed E-state index contributed by atoms with van der Waals surface area (Å²) in [7, 11) is 0.